The molecule has 2 rings (SSSR count). The second kappa shape index (κ2) is 3.32. The minimum absolute atomic E-state index is 0.0260. The van der Waals surface area contributed by atoms with Crippen LogP contribution in [-0.2, 0) is 9.53 Å². The van der Waals surface area contributed by atoms with Crippen LogP contribution < -0.4 is 0 Å². The molecule has 2 aliphatic rings. The van der Waals surface area contributed by atoms with E-state index in [4.69, 9.17) is 4.74 Å². The molecule has 0 aromatic carbocycles. The minimum atomic E-state index is -0.123. The van der Waals surface area contributed by atoms with Crippen molar-refractivity contribution in [1.29, 1.82) is 0 Å². The van der Waals surface area contributed by atoms with Gasteiger partial charge in [0.1, 0.15) is 6.61 Å². The number of rotatable bonds is 2. The Morgan fingerprint density at radius 3 is 2.54 bits per heavy atom. The van der Waals surface area contributed by atoms with E-state index in [0.29, 0.717) is 6.61 Å². The van der Waals surface area contributed by atoms with Crippen LogP contribution in [0.4, 0.5) is 0 Å². The summed E-state index contributed by atoms with van der Waals surface area (Å²) in [5, 5.41) is 0. The van der Waals surface area contributed by atoms with E-state index in [2.05, 4.69) is 0 Å². The van der Waals surface area contributed by atoms with E-state index in [0.717, 1.165) is 12.3 Å². The largest absolute Gasteiger partial charge is 0.464 e. The second-order valence-corrected chi connectivity index (χ2v) is 4.84. The molecule has 13 heavy (non-hydrogen) atoms. The van der Waals surface area contributed by atoms with Gasteiger partial charge in [0.2, 0.25) is 0 Å². The zero-order valence-corrected chi connectivity index (χ0v) is 8.34. The normalized spacial score (nSPS) is 35.3. The van der Waals surface area contributed by atoms with Gasteiger partial charge in [0, 0.05) is 0 Å². The van der Waals surface area contributed by atoms with Gasteiger partial charge in [-0.25, -0.2) is 0 Å². The Balaban J connectivity index is 1.85. The van der Waals surface area contributed by atoms with Gasteiger partial charge in [0.15, 0.2) is 0 Å². The van der Waals surface area contributed by atoms with Crippen molar-refractivity contribution in [2.75, 3.05) is 6.61 Å². The first-order chi connectivity index (χ1) is 6.21. The molecule has 0 aromatic rings. The summed E-state index contributed by atoms with van der Waals surface area (Å²) in [5.41, 5.74) is -0.123. The molecular formula is C11H18O2. The van der Waals surface area contributed by atoms with Gasteiger partial charge >= 0.3 is 5.97 Å². The van der Waals surface area contributed by atoms with Crippen LogP contribution >= 0.6 is 0 Å². The van der Waals surface area contributed by atoms with E-state index >= 15 is 0 Å². The van der Waals surface area contributed by atoms with Crippen molar-refractivity contribution in [3.63, 3.8) is 0 Å². The average Bonchev–Trinajstić information content (AvgIpc) is 2.17. The lowest BCUT2D eigenvalue weighted by atomic mass is 9.74. The Kier molecular flexibility index (Phi) is 2.31. The summed E-state index contributed by atoms with van der Waals surface area (Å²) in [6, 6.07) is 0. The van der Waals surface area contributed by atoms with Gasteiger partial charge in [-0.3, -0.25) is 4.79 Å². The molecule has 0 amide bonds. The Hall–Kier alpha value is -0.530. The lowest BCUT2D eigenvalue weighted by molar-refractivity contribution is -0.185. The molecule has 1 aliphatic carbocycles. The van der Waals surface area contributed by atoms with E-state index in [1.54, 1.807) is 0 Å². The highest BCUT2D eigenvalue weighted by atomic mass is 16.6. The Labute approximate surface area is 79.7 Å². The predicted molar refractivity (Wildman–Crippen MR) is 50.3 cm³/mol. The van der Waals surface area contributed by atoms with Gasteiger partial charge in [0.25, 0.3) is 0 Å². The van der Waals surface area contributed by atoms with Crippen LogP contribution in [0.1, 0.15) is 45.4 Å². The van der Waals surface area contributed by atoms with E-state index < -0.39 is 0 Å². The van der Waals surface area contributed by atoms with Crippen LogP contribution in [0.3, 0.4) is 0 Å². The SMILES string of the molecule is CC1(CC2CCCCC2)COC1=O. The maximum Gasteiger partial charge on any atom is 0.315 e. The van der Waals surface area contributed by atoms with Crippen LogP contribution in [0.25, 0.3) is 0 Å². The molecule has 1 atom stereocenters. The summed E-state index contributed by atoms with van der Waals surface area (Å²) < 4.78 is 4.85. The van der Waals surface area contributed by atoms with Crippen LogP contribution in [0.2, 0.25) is 0 Å². The lowest BCUT2D eigenvalue weighted by Gasteiger charge is -2.39. The third kappa shape index (κ3) is 1.72. The number of cyclic esters (lactones) is 1. The smallest absolute Gasteiger partial charge is 0.315 e. The van der Waals surface area contributed by atoms with E-state index in [9.17, 15) is 4.79 Å². The molecule has 74 valence electrons. The third-order valence-corrected chi connectivity index (χ3v) is 3.48. The standard InChI is InChI=1S/C11H18O2/c1-11(8-13-10(11)12)7-9-5-3-2-4-6-9/h9H,2-8H2,1H3. The average molecular weight is 182 g/mol. The molecule has 0 radical (unpaired) electrons. The number of carbonyl (C=O) groups excluding carboxylic acids is 1. The first-order valence-corrected chi connectivity index (χ1v) is 5.38. The molecule has 1 heterocycles. The van der Waals surface area contributed by atoms with Crippen molar-refractivity contribution in [3.8, 4) is 0 Å². The molecule has 2 heteroatoms. The molecule has 0 aromatic heterocycles. The molecular weight excluding hydrogens is 164 g/mol. The molecule has 0 bridgehead atoms. The first kappa shape index (κ1) is 9.04. The number of carbonyl (C=O) groups is 1. The van der Waals surface area contributed by atoms with Gasteiger partial charge in [-0.2, -0.15) is 0 Å². The van der Waals surface area contributed by atoms with Crippen LogP contribution in [0.15, 0.2) is 0 Å². The highest BCUT2D eigenvalue weighted by molar-refractivity contribution is 5.81. The lowest BCUT2D eigenvalue weighted by Crippen LogP contribution is -2.47. The van der Waals surface area contributed by atoms with Crippen molar-refractivity contribution < 1.29 is 9.53 Å². The fraction of sp³-hybridized carbons (Fsp3) is 0.909. The molecule has 0 spiro atoms. The highest BCUT2D eigenvalue weighted by Crippen LogP contribution is 2.39. The maximum atomic E-state index is 11.2. The summed E-state index contributed by atoms with van der Waals surface area (Å²) in [6.45, 7) is 2.70. The van der Waals surface area contributed by atoms with Crippen molar-refractivity contribution in [3.05, 3.63) is 0 Å². The topological polar surface area (TPSA) is 26.3 Å². The van der Waals surface area contributed by atoms with E-state index in [-0.39, 0.29) is 11.4 Å². The number of esters is 1. The fourth-order valence-corrected chi connectivity index (χ4v) is 2.55. The predicted octanol–water partition coefficient (Wildman–Crippen LogP) is 2.52. The zero-order valence-electron chi connectivity index (χ0n) is 8.34. The van der Waals surface area contributed by atoms with Gasteiger partial charge in [-0.05, 0) is 19.3 Å². The maximum absolute atomic E-state index is 11.2. The summed E-state index contributed by atoms with van der Waals surface area (Å²) in [4.78, 5) is 11.2. The zero-order chi connectivity index (χ0) is 9.31. The number of hydrogen-bond acceptors (Lipinski definition) is 2. The molecule has 2 nitrogen and oxygen atoms in total. The first-order valence-electron chi connectivity index (χ1n) is 5.38. The van der Waals surface area contributed by atoms with Crippen molar-refractivity contribution in [2.24, 2.45) is 11.3 Å². The van der Waals surface area contributed by atoms with Crippen LogP contribution in [0, 0.1) is 11.3 Å². The Morgan fingerprint density at radius 1 is 1.38 bits per heavy atom. The summed E-state index contributed by atoms with van der Waals surface area (Å²) in [7, 11) is 0. The molecule has 1 unspecified atom stereocenters. The van der Waals surface area contributed by atoms with Crippen LogP contribution in [0.5, 0.6) is 0 Å². The second-order valence-electron chi connectivity index (χ2n) is 4.84. The van der Waals surface area contributed by atoms with Gasteiger partial charge in [-0.1, -0.05) is 32.1 Å². The summed E-state index contributed by atoms with van der Waals surface area (Å²) in [5.74, 6) is 0.810. The summed E-state index contributed by atoms with van der Waals surface area (Å²) >= 11 is 0. The molecule has 0 N–H and O–H groups in total. The van der Waals surface area contributed by atoms with Crippen molar-refractivity contribution in [1.82, 2.24) is 0 Å². The minimum Gasteiger partial charge on any atom is -0.464 e. The molecule has 2 fully saturated rings. The van der Waals surface area contributed by atoms with Crippen molar-refractivity contribution in [2.45, 2.75) is 45.4 Å². The van der Waals surface area contributed by atoms with Crippen LogP contribution in [-0.4, -0.2) is 12.6 Å². The third-order valence-electron chi connectivity index (χ3n) is 3.48. The molecule has 1 saturated heterocycles. The Morgan fingerprint density at radius 2 is 2.08 bits per heavy atom. The monoisotopic (exact) mass is 182 g/mol. The van der Waals surface area contributed by atoms with E-state index in [1.165, 1.54) is 32.1 Å². The number of ether oxygens (including phenoxy) is 1. The van der Waals surface area contributed by atoms with Gasteiger partial charge in [0.05, 0.1) is 5.41 Å². The van der Waals surface area contributed by atoms with Gasteiger partial charge in [-0.15, -0.1) is 0 Å². The van der Waals surface area contributed by atoms with E-state index in [1.807, 2.05) is 6.92 Å². The van der Waals surface area contributed by atoms with Crippen molar-refractivity contribution >= 4 is 5.97 Å². The fourth-order valence-electron chi connectivity index (χ4n) is 2.55. The summed E-state index contributed by atoms with van der Waals surface area (Å²) in [6.07, 6.45) is 7.81. The van der Waals surface area contributed by atoms with Gasteiger partial charge < -0.3 is 4.74 Å². The Bertz CT molecular complexity index is 206. The quantitative estimate of drug-likeness (QED) is 0.613. The molecule has 1 aliphatic heterocycles. The number of hydrogen-bond donors (Lipinski definition) is 0. The highest BCUT2D eigenvalue weighted by Gasteiger charge is 2.45. The molecule has 1 saturated carbocycles.